The summed E-state index contributed by atoms with van der Waals surface area (Å²) in [5.74, 6) is 1.20. The summed E-state index contributed by atoms with van der Waals surface area (Å²) in [5, 5.41) is 18.3. The van der Waals surface area contributed by atoms with Crippen LogP contribution in [0.2, 0.25) is 0 Å². The summed E-state index contributed by atoms with van der Waals surface area (Å²) in [6, 6.07) is 15.3. The third-order valence-electron chi connectivity index (χ3n) is 5.17. The highest BCUT2D eigenvalue weighted by atomic mass is 16.4. The van der Waals surface area contributed by atoms with Gasteiger partial charge in [0.15, 0.2) is 0 Å². The number of unbranched alkanes of at least 4 members (excludes halogenated alkanes) is 2. The van der Waals surface area contributed by atoms with E-state index in [1.807, 2.05) is 24.3 Å². The zero-order valence-corrected chi connectivity index (χ0v) is 17.3. The molecule has 0 amide bonds. The standard InChI is InChI=1S/C24H29N3O2/c1-3-5-11-22-25-26-23(12-6-4-2)27(22)17-18-13-15-19(16-14-18)20-9-7-8-10-21(20)24(28)29/h7-10,13-16H,3-6,11-12,17H2,1-2H3,(H,28,29). The van der Waals surface area contributed by atoms with Crippen molar-refractivity contribution in [1.82, 2.24) is 14.8 Å². The SMILES string of the molecule is CCCCc1nnc(CCCC)n1Cc1ccc(-c2ccccc2C(=O)O)cc1. The maximum Gasteiger partial charge on any atom is 0.336 e. The zero-order chi connectivity index (χ0) is 20.6. The first-order valence-electron chi connectivity index (χ1n) is 10.5. The summed E-state index contributed by atoms with van der Waals surface area (Å²) in [5.41, 5.74) is 3.13. The van der Waals surface area contributed by atoms with Gasteiger partial charge in [0.05, 0.1) is 12.1 Å². The Bertz CT molecular complexity index is 920. The van der Waals surface area contributed by atoms with E-state index >= 15 is 0 Å². The molecule has 1 heterocycles. The number of hydrogen-bond donors (Lipinski definition) is 1. The average Bonchev–Trinajstić information content (AvgIpc) is 3.12. The fourth-order valence-corrected chi connectivity index (χ4v) is 3.49. The molecule has 5 heteroatoms. The number of rotatable bonds is 10. The van der Waals surface area contributed by atoms with Crippen LogP contribution in [0, 0.1) is 0 Å². The molecule has 0 aliphatic rings. The number of nitrogens with zero attached hydrogens (tertiary/aromatic N) is 3. The third-order valence-corrected chi connectivity index (χ3v) is 5.17. The Hall–Kier alpha value is -2.95. The van der Waals surface area contributed by atoms with Crippen LogP contribution in [0.15, 0.2) is 48.5 Å². The van der Waals surface area contributed by atoms with Gasteiger partial charge in [-0.3, -0.25) is 0 Å². The summed E-state index contributed by atoms with van der Waals surface area (Å²) in [7, 11) is 0. The quantitative estimate of drug-likeness (QED) is 0.504. The number of aromatic carboxylic acids is 1. The molecule has 0 saturated carbocycles. The van der Waals surface area contributed by atoms with Gasteiger partial charge in [-0.05, 0) is 35.6 Å². The second kappa shape index (κ2) is 10.0. The molecule has 0 radical (unpaired) electrons. The molecule has 3 aromatic rings. The number of aryl methyl sites for hydroxylation is 2. The van der Waals surface area contributed by atoms with E-state index in [2.05, 4.69) is 40.7 Å². The van der Waals surface area contributed by atoms with Crippen LogP contribution in [0.4, 0.5) is 0 Å². The molecule has 0 aliphatic carbocycles. The van der Waals surface area contributed by atoms with Crippen LogP contribution < -0.4 is 0 Å². The van der Waals surface area contributed by atoms with Crippen molar-refractivity contribution in [2.45, 2.75) is 58.9 Å². The van der Waals surface area contributed by atoms with Crippen LogP contribution in [0.1, 0.15) is 67.1 Å². The summed E-state index contributed by atoms with van der Waals surface area (Å²) < 4.78 is 2.26. The van der Waals surface area contributed by atoms with Gasteiger partial charge in [-0.25, -0.2) is 4.79 Å². The van der Waals surface area contributed by atoms with Crippen molar-refractivity contribution < 1.29 is 9.90 Å². The minimum Gasteiger partial charge on any atom is -0.478 e. The minimum absolute atomic E-state index is 0.322. The fourth-order valence-electron chi connectivity index (χ4n) is 3.49. The Morgan fingerprint density at radius 1 is 0.897 bits per heavy atom. The maximum atomic E-state index is 11.5. The minimum atomic E-state index is -0.907. The molecule has 0 fully saturated rings. The number of aromatic nitrogens is 3. The van der Waals surface area contributed by atoms with Gasteiger partial charge in [0.2, 0.25) is 0 Å². The van der Waals surface area contributed by atoms with Crippen molar-refractivity contribution in [2.24, 2.45) is 0 Å². The van der Waals surface area contributed by atoms with Gasteiger partial charge in [-0.1, -0.05) is 69.2 Å². The molecule has 5 nitrogen and oxygen atoms in total. The highest BCUT2D eigenvalue weighted by molar-refractivity contribution is 5.95. The normalized spacial score (nSPS) is 11.0. The molecular formula is C24H29N3O2. The molecule has 0 spiro atoms. The molecule has 0 atom stereocenters. The van der Waals surface area contributed by atoms with Crippen LogP contribution in [-0.2, 0) is 19.4 Å². The van der Waals surface area contributed by atoms with Gasteiger partial charge in [-0.15, -0.1) is 10.2 Å². The summed E-state index contributed by atoms with van der Waals surface area (Å²) >= 11 is 0. The van der Waals surface area contributed by atoms with E-state index in [0.717, 1.165) is 73.4 Å². The van der Waals surface area contributed by atoms with Gasteiger partial charge in [-0.2, -0.15) is 0 Å². The van der Waals surface area contributed by atoms with Gasteiger partial charge >= 0.3 is 5.97 Å². The first kappa shape index (κ1) is 20.8. The van der Waals surface area contributed by atoms with Gasteiger partial charge < -0.3 is 9.67 Å². The molecule has 29 heavy (non-hydrogen) atoms. The first-order valence-corrected chi connectivity index (χ1v) is 10.5. The van der Waals surface area contributed by atoms with E-state index in [4.69, 9.17) is 0 Å². The van der Waals surface area contributed by atoms with E-state index < -0.39 is 5.97 Å². The predicted molar refractivity (Wildman–Crippen MR) is 115 cm³/mol. The molecule has 2 aromatic carbocycles. The molecule has 1 aromatic heterocycles. The second-order valence-corrected chi connectivity index (χ2v) is 7.37. The summed E-state index contributed by atoms with van der Waals surface area (Å²) in [4.78, 5) is 11.5. The highest BCUT2D eigenvalue weighted by Crippen LogP contribution is 2.24. The highest BCUT2D eigenvalue weighted by Gasteiger charge is 2.13. The molecule has 0 saturated heterocycles. The lowest BCUT2D eigenvalue weighted by Gasteiger charge is -2.12. The van der Waals surface area contributed by atoms with Crippen molar-refractivity contribution >= 4 is 5.97 Å². The molecule has 0 unspecified atom stereocenters. The Kier molecular flexibility index (Phi) is 7.17. The van der Waals surface area contributed by atoms with Gasteiger partial charge in [0.25, 0.3) is 0 Å². The summed E-state index contributed by atoms with van der Waals surface area (Å²) in [6.45, 7) is 5.12. The van der Waals surface area contributed by atoms with E-state index in [0.29, 0.717) is 5.56 Å². The fraction of sp³-hybridized carbons (Fsp3) is 0.375. The summed E-state index contributed by atoms with van der Waals surface area (Å²) in [6.07, 6.45) is 6.37. The average molecular weight is 392 g/mol. The van der Waals surface area contributed by atoms with Crippen LogP contribution in [0.3, 0.4) is 0 Å². The van der Waals surface area contributed by atoms with E-state index in [1.165, 1.54) is 0 Å². The lowest BCUT2D eigenvalue weighted by Crippen LogP contribution is -2.09. The van der Waals surface area contributed by atoms with Crippen LogP contribution in [0.5, 0.6) is 0 Å². The Morgan fingerprint density at radius 3 is 2.03 bits per heavy atom. The molecular weight excluding hydrogens is 362 g/mol. The van der Waals surface area contributed by atoms with E-state index in [-0.39, 0.29) is 0 Å². The van der Waals surface area contributed by atoms with E-state index in [9.17, 15) is 9.90 Å². The Balaban J connectivity index is 1.84. The number of carboxylic acid groups (broad SMARTS) is 1. The number of carbonyl (C=O) groups is 1. The van der Waals surface area contributed by atoms with Gasteiger partial charge in [0.1, 0.15) is 11.6 Å². The third kappa shape index (κ3) is 5.11. The Labute approximate surface area is 172 Å². The van der Waals surface area contributed by atoms with Crippen molar-refractivity contribution in [1.29, 1.82) is 0 Å². The van der Waals surface area contributed by atoms with Crippen LogP contribution >= 0.6 is 0 Å². The number of hydrogen-bond acceptors (Lipinski definition) is 3. The predicted octanol–water partition coefficient (Wildman–Crippen LogP) is 5.38. The van der Waals surface area contributed by atoms with Crippen molar-refractivity contribution in [2.75, 3.05) is 0 Å². The molecule has 1 N–H and O–H groups in total. The monoisotopic (exact) mass is 391 g/mol. The van der Waals surface area contributed by atoms with Crippen LogP contribution in [0.25, 0.3) is 11.1 Å². The van der Waals surface area contributed by atoms with Crippen LogP contribution in [-0.4, -0.2) is 25.8 Å². The lowest BCUT2D eigenvalue weighted by molar-refractivity contribution is 0.0697. The second-order valence-electron chi connectivity index (χ2n) is 7.37. The molecule has 3 rings (SSSR count). The molecule has 0 bridgehead atoms. The zero-order valence-electron chi connectivity index (χ0n) is 17.3. The Morgan fingerprint density at radius 2 is 1.48 bits per heavy atom. The van der Waals surface area contributed by atoms with Gasteiger partial charge in [0, 0.05) is 12.8 Å². The van der Waals surface area contributed by atoms with Crippen molar-refractivity contribution in [3.05, 3.63) is 71.3 Å². The van der Waals surface area contributed by atoms with E-state index in [1.54, 1.807) is 12.1 Å². The first-order chi connectivity index (χ1) is 14.1. The largest absolute Gasteiger partial charge is 0.478 e. The molecule has 0 aliphatic heterocycles. The smallest absolute Gasteiger partial charge is 0.336 e. The maximum absolute atomic E-state index is 11.5. The number of carboxylic acids is 1. The topological polar surface area (TPSA) is 68.0 Å². The van der Waals surface area contributed by atoms with Crippen molar-refractivity contribution in [3.63, 3.8) is 0 Å². The number of benzene rings is 2. The van der Waals surface area contributed by atoms with Crippen molar-refractivity contribution in [3.8, 4) is 11.1 Å². The lowest BCUT2D eigenvalue weighted by atomic mass is 9.98. The molecule has 152 valence electrons.